The van der Waals surface area contributed by atoms with Gasteiger partial charge in [0.05, 0.1) is 0 Å². The second-order valence-corrected chi connectivity index (χ2v) is 3.47. The molecule has 0 saturated carbocycles. The van der Waals surface area contributed by atoms with E-state index in [0.717, 1.165) is 0 Å². The van der Waals surface area contributed by atoms with E-state index < -0.39 is 17.9 Å². The van der Waals surface area contributed by atoms with E-state index in [1.54, 1.807) is 13.8 Å². The smallest absolute Gasteiger partial charge is 0.249 e. The second-order valence-electron chi connectivity index (χ2n) is 3.47. The molecular formula is C9H16N2O3. The quantitative estimate of drug-likeness (QED) is 0.663. The van der Waals surface area contributed by atoms with Gasteiger partial charge in [0.2, 0.25) is 17.7 Å². The molecule has 0 aliphatic carbocycles. The summed E-state index contributed by atoms with van der Waals surface area (Å²) in [6.07, 6.45) is 0. The molecule has 3 amide bonds. The molecule has 0 fully saturated rings. The highest BCUT2D eigenvalue weighted by Crippen LogP contribution is 2.01. The van der Waals surface area contributed by atoms with Crippen molar-refractivity contribution in [3.8, 4) is 0 Å². The first-order valence-corrected chi connectivity index (χ1v) is 4.43. The van der Waals surface area contributed by atoms with Gasteiger partial charge in [-0.2, -0.15) is 0 Å². The SMILES string of the molecule is CC(=O)NC(=O)[C@@H](NC(C)=O)C(C)C. The van der Waals surface area contributed by atoms with Crippen LogP contribution in [-0.4, -0.2) is 23.8 Å². The van der Waals surface area contributed by atoms with Crippen LogP contribution in [0.1, 0.15) is 27.7 Å². The molecule has 0 aliphatic rings. The van der Waals surface area contributed by atoms with Crippen LogP contribution in [0.25, 0.3) is 0 Å². The number of rotatable bonds is 3. The summed E-state index contributed by atoms with van der Waals surface area (Å²) in [6, 6.07) is -0.656. The zero-order valence-electron chi connectivity index (χ0n) is 8.88. The predicted molar refractivity (Wildman–Crippen MR) is 51.3 cm³/mol. The average Bonchev–Trinajstić information content (AvgIpc) is 1.97. The molecule has 0 aromatic heterocycles. The molecule has 0 rings (SSSR count). The topological polar surface area (TPSA) is 75.3 Å². The average molecular weight is 200 g/mol. The predicted octanol–water partition coefficient (Wildman–Crippen LogP) is -0.190. The molecule has 0 saturated heterocycles. The zero-order valence-corrected chi connectivity index (χ0v) is 8.88. The minimum atomic E-state index is -0.656. The molecule has 5 nitrogen and oxygen atoms in total. The lowest BCUT2D eigenvalue weighted by atomic mass is 10.0. The highest BCUT2D eigenvalue weighted by molar-refractivity contribution is 5.98. The zero-order chi connectivity index (χ0) is 11.3. The Morgan fingerprint density at radius 2 is 1.50 bits per heavy atom. The van der Waals surface area contributed by atoms with Crippen LogP contribution in [0.4, 0.5) is 0 Å². The molecule has 5 heteroatoms. The van der Waals surface area contributed by atoms with E-state index >= 15 is 0 Å². The van der Waals surface area contributed by atoms with Gasteiger partial charge < -0.3 is 5.32 Å². The first kappa shape index (κ1) is 12.6. The van der Waals surface area contributed by atoms with Crippen molar-refractivity contribution in [1.82, 2.24) is 10.6 Å². The largest absolute Gasteiger partial charge is 0.344 e. The summed E-state index contributed by atoms with van der Waals surface area (Å²) in [7, 11) is 0. The third-order valence-electron chi connectivity index (χ3n) is 1.61. The van der Waals surface area contributed by atoms with E-state index in [0.29, 0.717) is 0 Å². The Morgan fingerprint density at radius 3 is 1.79 bits per heavy atom. The summed E-state index contributed by atoms with van der Waals surface area (Å²) < 4.78 is 0. The van der Waals surface area contributed by atoms with Gasteiger partial charge in [0.1, 0.15) is 6.04 Å². The molecule has 1 atom stereocenters. The summed E-state index contributed by atoms with van der Waals surface area (Å²) in [6.45, 7) is 6.17. The van der Waals surface area contributed by atoms with Gasteiger partial charge in [-0.3, -0.25) is 19.7 Å². The summed E-state index contributed by atoms with van der Waals surface area (Å²) in [5.74, 6) is -1.24. The van der Waals surface area contributed by atoms with Crippen LogP contribution in [0.5, 0.6) is 0 Å². The number of hydrogen-bond donors (Lipinski definition) is 2. The maximum absolute atomic E-state index is 11.4. The Bertz CT molecular complexity index is 248. The summed E-state index contributed by atoms with van der Waals surface area (Å²) >= 11 is 0. The number of amides is 3. The van der Waals surface area contributed by atoms with Gasteiger partial charge in [-0.05, 0) is 5.92 Å². The van der Waals surface area contributed by atoms with Crippen molar-refractivity contribution < 1.29 is 14.4 Å². The van der Waals surface area contributed by atoms with Crippen LogP contribution in [0.15, 0.2) is 0 Å². The number of imide groups is 1. The minimum absolute atomic E-state index is 0.0572. The van der Waals surface area contributed by atoms with E-state index in [-0.39, 0.29) is 11.8 Å². The fourth-order valence-corrected chi connectivity index (χ4v) is 1.01. The van der Waals surface area contributed by atoms with Crippen molar-refractivity contribution in [2.45, 2.75) is 33.7 Å². The molecule has 14 heavy (non-hydrogen) atoms. The summed E-state index contributed by atoms with van der Waals surface area (Å²) in [5, 5.41) is 4.62. The molecule has 0 heterocycles. The normalized spacial score (nSPS) is 12.1. The molecule has 0 spiro atoms. The van der Waals surface area contributed by atoms with Crippen LogP contribution in [0, 0.1) is 5.92 Å². The monoisotopic (exact) mass is 200 g/mol. The highest BCUT2D eigenvalue weighted by Gasteiger charge is 2.23. The maximum Gasteiger partial charge on any atom is 0.249 e. The molecule has 0 aliphatic heterocycles. The lowest BCUT2D eigenvalue weighted by molar-refractivity contribution is -0.133. The van der Waals surface area contributed by atoms with E-state index in [1.165, 1.54) is 13.8 Å². The molecular weight excluding hydrogens is 184 g/mol. The molecule has 0 radical (unpaired) electrons. The maximum atomic E-state index is 11.4. The van der Waals surface area contributed by atoms with Gasteiger partial charge in [-0.15, -0.1) is 0 Å². The lowest BCUT2D eigenvalue weighted by Gasteiger charge is -2.19. The third-order valence-corrected chi connectivity index (χ3v) is 1.61. The summed E-state index contributed by atoms with van der Waals surface area (Å²) in [4.78, 5) is 32.8. The lowest BCUT2D eigenvalue weighted by Crippen LogP contribution is -2.50. The molecule has 0 aromatic rings. The summed E-state index contributed by atoms with van der Waals surface area (Å²) in [5.41, 5.74) is 0. The molecule has 0 unspecified atom stereocenters. The second kappa shape index (κ2) is 5.36. The van der Waals surface area contributed by atoms with Crippen molar-refractivity contribution in [3.05, 3.63) is 0 Å². The van der Waals surface area contributed by atoms with E-state index in [1.807, 2.05) is 0 Å². The van der Waals surface area contributed by atoms with Crippen molar-refractivity contribution in [3.63, 3.8) is 0 Å². The van der Waals surface area contributed by atoms with Crippen LogP contribution < -0.4 is 10.6 Å². The van der Waals surface area contributed by atoms with Gasteiger partial charge in [-0.1, -0.05) is 13.8 Å². The van der Waals surface area contributed by atoms with Gasteiger partial charge >= 0.3 is 0 Å². The number of carbonyl (C=O) groups is 3. The van der Waals surface area contributed by atoms with Crippen LogP contribution in [0.2, 0.25) is 0 Å². The van der Waals surface area contributed by atoms with E-state index in [4.69, 9.17) is 0 Å². The molecule has 0 aromatic carbocycles. The van der Waals surface area contributed by atoms with Gasteiger partial charge in [0.15, 0.2) is 0 Å². The molecule has 2 N–H and O–H groups in total. The fourth-order valence-electron chi connectivity index (χ4n) is 1.01. The Hall–Kier alpha value is -1.39. The number of nitrogens with one attached hydrogen (secondary N) is 2. The Kier molecular flexibility index (Phi) is 4.83. The van der Waals surface area contributed by atoms with Crippen molar-refractivity contribution in [2.24, 2.45) is 5.92 Å². The van der Waals surface area contributed by atoms with Crippen LogP contribution in [0.3, 0.4) is 0 Å². The van der Waals surface area contributed by atoms with Crippen LogP contribution >= 0.6 is 0 Å². The Morgan fingerprint density at radius 1 is 1.00 bits per heavy atom. The van der Waals surface area contributed by atoms with Gasteiger partial charge in [0, 0.05) is 13.8 Å². The molecule has 80 valence electrons. The first-order chi connectivity index (χ1) is 6.34. The van der Waals surface area contributed by atoms with E-state index in [9.17, 15) is 14.4 Å². The van der Waals surface area contributed by atoms with Crippen LogP contribution in [-0.2, 0) is 14.4 Å². The third kappa shape index (κ3) is 4.59. The van der Waals surface area contributed by atoms with Gasteiger partial charge in [0.25, 0.3) is 0 Å². The minimum Gasteiger partial charge on any atom is -0.344 e. The number of hydrogen-bond acceptors (Lipinski definition) is 3. The van der Waals surface area contributed by atoms with E-state index in [2.05, 4.69) is 10.6 Å². The number of carbonyl (C=O) groups excluding carboxylic acids is 3. The Labute approximate surface area is 83.2 Å². The highest BCUT2D eigenvalue weighted by atomic mass is 16.2. The fraction of sp³-hybridized carbons (Fsp3) is 0.667. The standard InChI is InChI=1S/C9H16N2O3/c1-5(2)8(10-6(3)12)9(14)11-7(4)13/h5,8H,1-4H3,(H,10,12)(H,11,13,14)/t8-/m0/s1. The van der Waals surface area contributed by atoms with Crippen molar-refractivity contribution in [1.29, 1.82) is 0 Å². The van der Waals surface area contributed by atoms with Gasteiger partial charge in [-0.25, -0.2) is 0 Å². The van der Waals surface area contributed by atoms with Crippen molar-refractivity contribution >= 4 is 17.7 Å². The Balaban J connectivity index is 4.41. The van der Waals surface area contributed by atoms with Crippen molar-refractivity contribution in [2.75, 3.05) is 0 Å². The first-order valence-electron chi connectivity index (χ1n) is 4.43. The molecule has 0 bridgehead atoms.